The highest BCUT2D eigenvalue weighted by Crippen LogP contribution is 2.26. The second-order valence-electron chi connectivity index (χ2n) is 4.92. The molecule has 0 amide bonds. The average molecular weight is 270 g/mol. The lowest BCUT2D eigenvalue weighted by atomic mass is 10.0. The minimum Gasteiger partial charge on any atom is -0.377 e. The number of hydrogen-bond acceptors (Lipinski definition) is 3. The van der Waals surface area contributed by atoms with Crippen LogP contribution >= 0.6 is 0 Å². The Kier molecular flexibility index (Phi) is 4.85. The highest BCUT2D eigenvalue weighted by molar-refractivity contribution is 5.24. The van der Waals surface area contributed by atoms with Crippen molar-refractivity contribution in [1.29, 1.82) is 0 Å². The quantitative estimate of drug-likeness (QED) is 0.914. The summed E-state index contributed by atoms with van der Waals surface area (Å²) in [5, 5.41) is 0. The predicted molar refractivity (Wildman–Crippen MR) is 69.8 cm³/mol. The van der Waals surface area contributed by atoms with Gasteiger partial charge in [0.05, 0.1) is 12.1 Å². The fourth-order valence-corrected chi connectivity index (χ4v) is 2.59. The van der Waals surface area contributed by atoms with E-state index in [1.54, 1.807) is 0 Å². The lowest BCUT2D eigenvalue weighted by molar-refractivity contribution is 0.0605. The van der Waals surface area contributed by atoms with Crippen molar-refractivity contribution in [1.82, 2.24) is 4.90 Å². The number of benzene rings is 1. The minimum atomic E-state index is -0.534. The van der Waals surface area contributed by atoms with E-state index in [1.807, 2.05) is 11.8 Å². The van der Waals surface area contributed by atoms with Gasteiger partial charge in [0.15, 0.2) is 0 Å². The predicted octanol–water partition coefficient (Wildman–Crippen LogP) is 2.08. The van der Waals surface area contributed by atoms with Gasteiger partial charge < -0.3 is 10.5 Å². The van der Waals surface area contributed by atoms with Gasteiger partial charge in [-0.05, 0) is 25.5 Å². The minimum absolute atomic E-state index is 0.0476. The SMILES string of the molecule is CC1CN(C(CN)c2c(F)cccc2F)CCCO1. The molecule has 2 atom stereocenters. The van der Waals surface area contributed by atoms with Gasteiger partial charge in [0.25, 0.3) is 0 Å². The van der Waals surface area contributed by atoms with Gasteiger partial charge in [-0.15, -0.1) is 0 Å². The molecule has 1 saturated heterocycles. The lowest BCUT2D eigenvalue weighted by Gasteiger charge is -2.31. The summed E-state index contributed by atoms with van der Waals surface area (Å²) in [6.07, 6.45) is 0.892. The van der Waals surface area contributed by atoms with Crippen molar-refractivity contribution >= 4 is 0 Å². The Balaban J connectivity index is 2.28. The third kappa shape index (κ3) is 3.29. The Labute approximate surface area is 112 Å². The van der Waals surface area contributed by atoms with Crippen molar-refractivity contribution in [3.8, 4) is 0 Å². The van der Waals surface area contributed by atoms with Crippen molar-refractivity contribution in [3.05, 3.63) is 35.4 Å². The number of nitrogens with two attached hydrogens (primary N) is 1. The fraction of sp³-hybridized carbons (Fsp3) is 0.571. The van der Waals surface area contributed by atoms with Gasteiger partial charge in [-0.25, -0.2) is 8.78 Å². The zero-order chi connectivity index (χ0) is 13.8. The fourth-order valence-electron chi connectivity index (χ4n) is 2.59. The van der Waals surface area contributed by atoms with Crippen molar-refractivity contribution in [2.75, 3.05) is 26.2 Å². The van der Waals surface area contributed by atoms with E-state index in [1.165, 1.54) is 18.2 Å². The maximum absolute atomic E-state index is 13.9. The molecule has 0 aromatic heterocycles. The number of rotatable bonds is 3. The number of ether oxygens (including phenoxy) is 1. The first-order chi connectivity index (χ1) is 9.13. The van der Waals surface area contributed by atoms with Crippen molar-refractivity contribution < 1.29 is 13.5 Å². The first kappa shape index (κ1) is 14.4. The summed E-state index contributed by atoms with van der Waals surface area (Å²) in [5.41, 5.74) is 5.82. The molecule has 1 aromatic rings. The maximum Gasteiger partial charge on any atom is 0.130 e. The number of hydrogen-bond donors (Lipinski definition) is 1. The van der Waals surface area contributed by atoms with E-state index in [9.17, 15) is 8.78 Å². The van der Waals surface area contributed by atoms with Crippen LogP contribution in [-0.4, -0.2) is 37.2 Å². The second kappa shape index (κ2) is 6.41. The van der Waals surface area contributed by atoms with Crippen LogP contribution in [0.5, 0.6) is 0 Å². The van der Waals surface area contributed by atoms with Crippen molar-refractivity contribution in [2.24, 2.45) is 5.73 Å². The summed E-state index contributed by atoms with van der Waals surface area (Å²) in [4.78, 5) is 2.01. The zero-order valence-corrected chi connectivity index (χ0v) is 11.1. The van der Waals surface area contributed by atoms with Crippen LogP contribution in [0.4, 0.5) is 8.78 Å². The van der Waals surface area contributed by atoms with Crippen LogP contribution in [0.1, 0.15) is 24.9 Å². The van der Waals surface area contributed by atoms with Gasteiger partial charge in [0.2, 0.25) is 0 Å². The van der Waals surface area contributed by atoms with Crippen LogP contribution < -0.4 is 5.73 Å². The molecule has 106 valence electrons. The van der Waals surface area contributed by atoms with Crippen LogP contribution in [0.2, 0.25) is 0 Å². The van der Waals surface area contributed by atoms with Crippen LogP contribution in [0.25, 0.3) is 0 Å². The molecule has 0 bridgehead atoms. The molecule has 0 radical (unpaired) electrons. The van der Waals surface area contributed by atoms with Gasteiger partial charge >= 0.3 is 0 Å². The molecule has 0 aliphatic carbocycles. The average Bonchev–Trinajstić information content (AvgIpc) is 2.58. The van der Waals surface area contributed by atoms with Gasteiger partial charge in [-0.2, -0.15) is 0 Å². The van der Waals surface area contributed by atoms with Crippen LogP contribution in [0.3, 0.4) is 0 Å². The molecule has 1 fully saturated rings. The third-order valence-electron chi connectivity index (χ3n) is 3.48. The Hall–Kier alpha value is -1.04. The van der Waals surface area contributed by atoms with E-state index in [0.717, 1.165) is 13.0 Å². The molecule has 2 rings (SSSR count). The van der Waals surface area contributed by atoms with Gasteiger partial charge in [-0.1, -0.05) is 6.07 Å². The molecular weight excluding hydrogens is 250 g/mol. The second-order valence-corrected chi connectivity index (χ2v) is 4.92. The van der Waals surface area contributed by atoms with E-state index >= 15 is 0 Å². The molecule has 5 heteroatoms. The smallest absolute Gasteiger partial charge is 0.130 e. The monoisotopic (exact) mass is 270 g/mol. The molecule has 19 heavy (non-hydrogen) atoms. The number of halogens is 2. The third-order valence-corrected chi connectivity index (χ3v) is 3.48. The normalized spacial score (nSPS) is 23.1. The van der Waals surface area contributed by atoms with E-state index in [4.69, 9.17) is 10.5 Å². The summed E-state index contributed by atoms with van der Waals surface area (Å²) in [6, 6.07) is 3.48. The molecule has 0 spiro atoms. The van der Waals surface area contributed by atoms with E-state index in [2.05, 4.69) is 0 Å². The van der Waals surface area contributed by atoms with Gasteiger partial charge in [-0.3, -0.25) is 4.90 Å². The van der Waals surface area contributed by atoms with Gasteiger partial charge in [0, 0.05) is 31.8 Å². The van der Waals surface area contributed by atoms with Gasteiger partial charge in [0.1, 0.15) is 11.6 Å². The van der Waals surface area contributed by atoms with Crippen LogP contribution in [0, 0.1) is 11.6 Å². The molecule has 2 unspecified atom stereocenters. The summed E-state index contributed by atoms with van der Waals surface area (Å²) >= 11 is 0. The lowest BCUT2D eigenvalue weighted by Crippen LogP contribution is -2.38. The Morgan fingerprint density at radius 2 is 2.11 bits per heavy atom. The maximum atomic E-state index is 13.9. The molecule has 1 aromatic carbocycles. The first-order valence-electron chi connectivity index (χ1n) is 6.63. The standard InChI is InChI=1S/C14H20F2N2O/c1-10-9-18(6-3-7-19-10)13(8-17)14-11(15)4-2-5-12(14)16/h2,4-5,10,13H,3,6-9,17H2,1H3. The Bertz CT molecular complexity index is 408. The first-order valence-corrected chi connectivity index (χ1v) is 6.63. The molecule has 1 aliphatic rings. The topological polar surface area (TPSA) is 38.5 Å². The Morgan fingerprint density at radius 3 is 2.74 bits per heavy atom. The van der Waals surface area contributed by atoms with E-state index < -0.39 is 17.7 Å². The van der Waals surface area contributed by atoms with Crippen LogP contribution in [0.15, 0.2) is 18.2 Å². The largest absolute Gasteiger partial charge is 0.377 e. The van der Waals surface area contributed by atoms with Crippen molar-refractivity contribution in [3.63, 3.8) is 0 Å². The summed E-state index contributed by atoms with van der Waals surface area (Å²) < 4.78 is 33.3. The zero-order valence-electron chi connectivity index (χ0n) is 11.1. The highest BCUT2D eigenvalue weighted by Gasteiger charge is 2.27. The summed E-state index contributed by atoms with van der Waals surface area (Å²) in [5.74, 6) is -1.07. The van der Waals surface area contributed by atoms with E-state index in [-0.39, 0.29) is 18.2 Å². The van der Waals surface area contributed by atoms with Crippen molar-refractivity contribution in [2.45, 2.75) is 25.5 Å². The number of nitrogens with zero attached hydrogens (tertiary/aromatic N) is 1. The van der Waals surface area contributed by atoms with E-state index in [0.29, 0.717) is 13.2 Å². The molecule has 2 N–H and O–H groups in total. The Morgan fingerprint density at radius 1 is 1.42 bits per heavy atom. The summed E-state index contributed by atoms with van der Waals surface area (Å²) in [6.45, 7) is 4.19. The highest BCUT2D eigenvalue weighted by atomic mass is 19.1. The van der Waals surface area contributed by atoms with Crippen LogP contribution in [-0.2, 0) is 4.74 Å². The molecule has 0 saturated carbocycles. The molecule has 1 aliphatic heterocycles. The summed E-state index contributed by atoms with van der Waals surface area (Å²) in [7, 11) is 0. The molecule has 1 heterocycles. The molecule has 3 nitrogen and oxygen atoms in total. The molecular formula is C14H20F2N2O.